The van der Waals surface area contributed by atoms with E-state index in [9.17, 15) is 4.79 Å². The van der Waals surface area contributed by atoms with E-state index in [-0.39, 0.29) is 18.1 Å². The van der Waals surface area contributed by atoms with Gasteiger partial charge in [-0.25, -0.2) is 10.9 Å². The fraction of sp³-hybridized carbons (Fsp3) is 0.333. The lowest BCUT2D eigenvalue weighted by molar-refractivity contribution is 0.0932. The number of aryl methyl sites for hydroxylation is 2. The van der Waals surface area contributed by atoms with E-state index in [4.69, 9.17) is 0 Å². The predicted octanol–water partition coefficient (Wildman–Crippen LogP) is 2.74. The van der Waals surface area contributed by atoms with Crippen molar-refractivity contribution >= 4 is 16.8 Å². The molecule has 2 aromatic heterocycles. The number of benzene rings is 1. The summed E-state index contributed by atoms with van der Waals surface area (Å²) in [5, 5.41) is 4.29. The summed E-state index contributed by atoms with van der Waals surface area (Å²) in [6, 6.07) is 10.1. The number of hydrazine groups is 1. The fourth-order valence-electron chi connectivity index (χ4n) is 4.24. The largest absolute Gasteiger partial charge is 0.358 e. The molecule has 1 aliphatic heterocycles. The number of carbonyl (C=O) groups is 1. The van der Waals surface area contributed by atoms with Crippen LogP contribution < -0.4 is 16.2 Å². The molecule has 1 fully saturated rings. The number of nitrogens with one attached hydrogen (secondary N) is 4. The van der Waals surface area contributed by atoms with E-state index >= 15 is 0 Å². The number of aromatic amines is 1. The highest BCUT2D eigenvalue weighted by Crippen LogP contribution is 2.29. The smallest absolute Gasteiger partial charge is 0.252 e. The summed E-state index contributed by atoms with van der Waals surface area (Å²) in [7, 11) is 0. The van der Waals surface area contributed by atoms with Crippen molar-refractivity contribution < 1.29 is 4.79 Å². The highest BCUT2D eigenvalue weighted by atomic mass is 16.1. The molecule has 0 spiro atoms. The van der Waals surface area contributed by atoms with Gasteiger partial charge in [0.15, 0.2) is 0 Å². The molecule has 5 rings (SSSR count). The van der Waals surface area contributed by atoms with Gasteiger partial charge in [-0.2, -0.15) is 0 Å². The number of fused-ring (bicyclic) bond motifs is 3. The van der Waals surface area contributed by atoms with Crippen LogP contribution in [0.5, 0.6) is 0 Å². The third kappa shape index (κ3) is 3.11. The van der Waals surface area contributed by atoms with Crippen LogP contribution in [-0.4, -0.2) is 22.0 Å². The zero-order chi connectivity index (χ0) is 18.2. The van der Waals surface area contributed by atoms with Gasteiger partial charge in [0.25, 0.3) is 5.91 Å². The van der Waals surface area contributed by atoms with E-state index in [1.165, 1.54) is 29.5 Å². The monoisotopic (exact) mass is 361 g/mol. The number of carbonyl (C=O) groups excluding carboxylic acids is 1. The minimum atomic E-state index is -0.112. The molecular weight excluding hydrogens is 338 g/mol. The maximum Gasteiger partial charge on any atom is 0.252 e. The zero-order valence-corrected chi connectivity index (χ0v) is 15.1. The van der Waals surface area contributed by atoms with Gasteiger partial charge in [0.2, 0.25) is 0 Å². The van der Waals surface area contributed by atoms with Gasteiger partial charge >= 0.3 is 0 Å². The normalized spacial score (nSPS) is 21.9. The molecule has 3 heterocycles. The molecule has 138 valence electrons. The van der Waals surface area contributed by atoms with Crippen molar-refractivity contribution in [2.75, 3.05) is 0 Å². The molecule has 2 unspecified atom stereocenters. The molecule has 1 saturated heterocycles. The third-order valence-corrected chi connectivity index (χ3v) is 5.66. The molecule has 1 aliphatic carbocycles. The summed E-state index contributed by atoms with van der Waals surface area (Å²) in [4.78, 5) is 20.5. The summed E-state index contributed by atoms with van der Waals surface area (Å²) in [6.45, 7) is 0. The Bertz CT molecular complexity index is 981. The molecule has 2 atom stereocenters. The molecule has 2 aliphatic rings. The van der Waals surface area contributed by atoms with E-state index < -0.39 is 0 Å². The van der Waals surface area contributed by atoms with Crippen molar-refractivity contribution in [3.05, 3.63) is 65.1 Å². The summed E-state index contributed by atoms with van der Waals surface area (Å²) >= 11 is 0. The van der Waals surface area contributed by atoms with Crippen LogP contribution in [0.1, 0.15) is 52.5 Å². The second-order valence-corrected chi connectivity index (χ2v) is 7.44. The molecule has 27 heavy (non-hydrogen) atoms. The van der Waals surface area contributed by atoms with Crippen molar-refractivity contribution in [1.82, 2.24) is 26.1 Å². The van der Waals surface area contributed by atoms with E-state index in [0.29, 0.717) is 5.56 Å². The Morgan fingerprint density at radius 1 is 1.15 bits per heavy atom. The Labute approximate surface area is 157 Å². The lowest BCUT2D eigenvalue weighted by atomic mass is 9.95. The minimum absolute atomic E-state index is 0.0474. The first-order valence-corrected chi connectivity index (χ1v) is 9.63. The molecule has 6 heteroatoms. The molecule has 4 N–H and O–H groups in total. The Morgan fingerprint density at radius 2 is 2.07 bits per heavy atom. The van der Waals surface area contributed by atoms with Gasteiger partial charge in [0, 0.05) is 41.0 Å². The molecule has 6 nitrogen and oxygen atoms in total. The Hall–Kier alpha value is -2.70. The van der Waals surface area contributed by atoms with Crippen LogP contribution in [-0.2, 0) is 12.8 Å². The first-order valence-electron chi connectivity index (χ1n) is 9.63. The van der Waals surface area contributed by atoms with Crippen LogP contribution in [0, 0.1) is 0 Å². The summed E-state index contributed by atoms with van der Waals surface area (Å²) < 4.78 is 0. The maximum absolute atomic E-state index is 12.8. The molecule has 1 aromatic carbocycles. The molecular formula is C21H23N5O. The summed E-state index contributed by atoms with van der Waals surface area (Å²) in [5.41, 5.74) is 12.1. The Balaban J connectivity index is 1.31. The van der Waals surface area contributed by atoms with Crippen molar-refractivity contribution in [3.8, 4) is 0 Å². The van der Waals surface area contributed by atoms with Crippen LogP contribution in [0.4, 0.5) is 0 Å². The van der Waals surface area contributed by atoms with Crippen molar-refractivity contribution in [2.45, 2.75) is 44.3 Å². The SMILES string of the molecule is O=C(NC1CC(c2cccnc2)NN1)c1ccc2[nH]c3c(c2c1)CCCC3. The van der Waals surface area contributed by atoms with E-state index in [2.05, 4.69) is 26.1 Å². The van der Waals surface area contributed by atoms with Crippen molar-refractivity contribution in [2.24, 2.45) is 0 Å². The van der Waals surface area contributed by atoms with E-state index in [1.807, 2.05) is 36.5 Å². The lowest BCUT2D eigenvalue weighted by Gasteiger charge is -2.13. The number of nitrogens with zero attached hydrogens (tertiary/aromatic N) is 1. The average Bonchev–Trinajstić information content (AvgIpc) is 3.32. The molecule has 0 bridgehead atoms. The van der Waals surface area contributed by atoms with Gasteiger partial charge < -0.3 is 10.3 Å². The number of H-pyrrole nitrogens is 1. The second kappa shape index (κ2) is 6.79. The molecule has 3 aromatic rings. The average molecular weight is 361 g/mol. The third-order valence-electron chi connectivity index (χ3n) is 5.66. The number of pyridine rings is 1. The van der Waals surface area contributed by atoms with E-state index in [0.717, 1.165) is 30.3 Å². The van der Waals surface area contributed by atoms with Crippen molar-refractivity contribution in [1.29, 1.82) is 0 Å². The highest BCUT2D eigenvalue weighted by molar-refractivity contribution is 5.99. The minimum Gasteiger partial charge on any atom is -0.358 e. The van der Waals surface area contributed by atoms with Gasteiger partial charge in [-0.15, -0.1) is 0 Å². The quantitative estimate of drug-likeness (QED) is 0.578. The van der Waals surface area contributed by atoms with Crippen LogP contribution in [0.2, 0.25) is 0 Å². The Morgan fingerprint density at radius 3 is 2.96 bits per heavy atom. The van der Waals surface area contributed by atoms with Gasteiger partial charge in [-0.1, -0.05) is 6.07 Å². The lowest BCUT2D eigenvalue weighted by Crippen LogP contribution is -2.44. The highest BCUT2D eigenvalue weighted by Gasteiger charge is 2.26. The number of aromatic nitrogens is 2. The van der Waals surface area contributed by atoms with E-state index in [1.54, 1.807) is 6.20 Å². The summed E-state index contributed by atoms with van der Waals surface area (Å²) in [6.07, 6.45) is 8.96. The van der Waals surface area contributed by atoms with Crippen LogP contribution >= 0.6 is 0 Å². The molecule has 0 saturated carbocycles. The van der Waals surface area contributed by atoms with Crippen LogP contribution in [0.3, 0.4) is 0 Å². The number of rotatable bonds is 3. The first-order chi connectivity index (χ1) is 13.3. The molecule has 0 radical (unpaired) electrons. The fourth-order valence-corrected chi connectivity index (χ4v) is 4.24. The summed E-state index contributed by atoms with van der Waals surface area (Å²) in [5.74, 6) is -0.0474. The first kappa shape index (κ1) is 16.5. The van der Waals surface area contributed by atoms with Crippen LogP contribution in [0.25, 0.3) is 10.9 Å². The second-order valence-electron chi connectivity index (χ2n) is 7.44. The predicted molar refractivity (Wildman–Crippen MR) is 104 cm³/mol. The van der Waals surface area contributed by atoms with Gasteiger partial charge in [0.05, 0.1) is 12.2 Å². The van der Waals surface area contributed by atoms with Gasteiger partial charge in [-0.3, -0.25) is 9.78 Å². The maximum atomic E-state index is 12.8. The number of amides is 1. The molecule has 1 amide bonds. The number of hydrogen-bond donors (Lipinski definition) is 4. The van der Waals surface area contributed by atoms with Crippen molar-refractivity contribution in [3.63, 3.8) is 0 Å². The van der Waals surface area contributed by atoms with Gasteiger partial charge in [-0.05, 0) is 61.1 Å². The van der Waals surface area contributed by atoms with Gasteiger partial charge in [0.1, 0.15) is 0 Å². The van der Waals surface area contributed by atoms with Crippen LogP contribution in [0.15, 0.2) is 42.7 Å². The number of hydrogen-bond acceptors (Lipinski definition) is 4. The topological polar surface area (TPSA) is 81.8 Å². The standard InChI is InChI=1S/C21H23N5O/c27-21(24-20-11-19(25-26-20)14-4-3-9-22-12-14)13-7-8-18-16(10-13)15-5-1-2-6-17(15)23-18/h3-4,7-10,12,19-20,23,25-26H,1-2,5-6,11H2,(H,24,27). The Kier molecular flexibility index (Phi) is 4.14. The zero-order valence-electron chi connectivity index (χ0n) is 15.1.